The van der Waals surface area contributed by atoms with E-state index in [0.717, 1.165) is 87.9 Å². The Kier molecular flexibility index (Phi) is 7.21. The summed E-state index contributed by atoms with van der Waals surface area (Å²) in [6.45, 7) is 5.25. The maximum absolute atomic E-state index is 17.4. The van der Waals surface area contributed by atoms with Gasteiger partial charge in [0, 0.05) is 68.3 Å². The monoisotopic (exact) mass is 674 g/mol. The van der Waals surface area contributed by atoms with Gasteiger partial charge in [-0.2, -0.15) is 15.2 Å². The number of nitriles is 1. The third kappa shape index (κ3) is 4.74. The number of nitrogens with zero attached hydrogens (tertiary/aromatic N) is 6. The fraction of sp³-hybridized carbons (Fsp3) is 0.529. The molecule has 1 aromatic carbocycles. The molecule has 3 aromatic heterocycles. The van der Waals surface area contributed by atoms with Crippen molar-refractivity contribution >= 4 is 43.1 Å². The van der Waals surface area contributed by atoms with Crippen molar-refractivity contribution in [2.75, 3.05) is 57.1 Å². The number of thiophene rings is 1. The molecular formula is C34H36F2N8O3S. The minimum absolute atomic E-state index is 0.000870. The standard InChI is InChI=1S/C34H36F2N8O3S/c1-45-19-4-7-43(12-19)15-34(5-6-34)16-47-33-41-29-26(32(42-33)44-17-2-3-18(44)10-39-9-17)22-14-46-13-21(22)24(27(29)36)28-25-20(8-37)31(38)48-30(25)23(35)11-40-28/h11,17-19,39H,2-7,9-10,12-16,38H2,1H3/t17?,18?,19-/m1/s1. The number of rotatable bonds is 8. The van der Waals surface area contributed by atoms with E-state index in [0.29, 0.717) is 23.4 Å². The lowest BCUT2D eigenvalue weighted by Crippen LogP contribution is -2.52. The minimum Gasteiger partial charge on any atom is -0.463 e. The first-order valence-electron chi connectivity index (χ1n) is 16.6. The van der Waals surface area contributed by atoms with Gasteiger partial charge in [-0.3, -0.25) is 9.88 Å². The highest BCUT2D eigenvalue weighted by Crippen LogP contribution is 2.49. The van der Waals surface area contributed by atoms with Gasteiger partial charge in [0.2, 0.25) is 0 Å². The average molecular weight is 675 g/mol. The number of aromatic nitrogens is 3. The van der Waals surface area contributed by atoms with Crippen LogP contribution in [0, 0.1) is 28.4 Å². The van der Waals surface area contributed by atoms with Gasteiger partial charge >= 0.3 is 6.01 Å². The van der Waals surface area contributed by atoms with E-state index < -0.39 is 11.6 Å². The van der Waals surface area contributed by atoms with Gasteiger partial charge < -0.3 is 30.2 Å². The van der Waals surface area contributed by atoms with Crippen LogP contribution in [0.1, 0.15) is 48.8 Å². The van der Waals surface area contributed by atoms with Crippen molar-refractivity contribution in [1.82, 2.24) is 25.2 Å². The summed E-state index contributed by atoms with van der Waals surface area (Å²) < 4.78 is 50.5. The number of likely N-dealkylation sites (tertiary alicyclic amines) is 1. The first-order chi connectivity index (χ1) is 23.4. The summed E-state index contributed by atoms with van der Waals surface area (Å²) in [5, 5.41) is 14.5. The Hall–Kier alpha value is -3.74. The van der Waals surface area contributed by atoms with E-state index in [1.165, 1.54) is 0 Å². The molecular weight excluding hydrogens is 638 g/mol. The Morgan fingerprint density at radius 1 is 1.15 bits per heavy atom. The number of ether oxygens (including phenoxy) is 3. The SMILES string of the molecule is CO[C@@H]1CCN(CC2(COc3nc(N4C5CCC4CNC5)c4c5c(c(-c6ncc(F)c7sc(N)c(C#N)c67)c(F)c4n3)COC5)CC2)C1. The molecule has 2 bridgehead atoms. The fourth-order valence-corrected chi connectivity index (χ4v) is 9.27. The first-order valence-corrected chi connectivity index (χ1v) is 17.5. The van der Waals surface area contributed by atoms with Gasteiger partial charge in [0.15, 0.2) is 11.6 Å². The molecule has 7 heterocycles. The van der Waals surface area contributed by atoms with Crippen LogP contribution in [0.4, 0.5) is 19.6 Å². The molecule has 2 unspecified atom stereocenters. The van der Waals surface area contributed by atoms with Crippen LogP contribution in [0.2, 0.25) is 0 Å². The second kappa shape index (κ2) is 11.4. The number of benzene rings is 1. The van der Waals surface area contributed by atoms with Crippen molar-refractivity contribution in [2.45, 2.75) is 63.5 Å². The van der Waals surface area contributed by atoms with E-state index in [-0.39, 0.29) is 80.3 Å². The molecule has 0 radical (unpaired) electrons. The Bertz CT molecular complexity index is 2000. The topological polar surface area (TPSA) is 135 Å². The predicted molar refractivity (Wildman–Crippen MR) is 177 cm³/mol. The largest absolute Gasteiger partial charge is 0.463 e. The molecule has 1 saturated carbocycles. The summed E-state index contributed by atoms with van der Waals surface area (Å²) in [7, 11) is 1.77. The number of nitrogens with one attached hydrogen (secondary N) is 1. The van der Waals surface area contributed by atoms with Crippen LogP contribution in [0.15, 0.2) is 6.20 Å². The second-order valence-corrected chi connectivity index (χ2v) is 15.0. The molecule has 0 spiro atoms. The highest BCUT2D eigenvalue weighted by molar-refractivity contribution is 7.23. The molecule has 4 aliphatic heterocycles. The lowest BCUT2D eigenvalue weighted by Gasteiger charge is -2.37. The highest BCUT2D eigenvalue weighted by atomic mass is 32.1. The van der Waals surface area contributed by atoms with E-state index in [9.17, 15) is 9.65 Å². The smallest absolute Gasteiger partial charge is 0.319 e. The van der Waals surface area contributed by atoms with Crippen LogP contribution < -0.4 is 20.7 Å². The summed E-state index contributed by atoms with van der Waals surface area (Å²) in [5.41, 5.74) is 8.02. The van der Waals surface area contributed by atoms with Gasteiger partial charge in [-0.05, 0) is 43.2 Å². The molecule has 3 saturated heterocycles. The van der Waals surface area contributed by atoms with E-state index in [1.807, 2.05) is 0 Å². The molecule has 1 aliphatic carbocycles. The quantitative estimate of drug-likeness (QED) is 0.274. The molecule has 14 heteroatoms. The summed E-state index contributed by atoms with van der Waals surface area (Å²) in [4.78, 5) is 19.0. The average Bonchev–Trinajstić information content (AvgIpc) is 3.42. The van der Waals surface area contributed by atoms with Gasteiger partial charge in [-0.1, -0.05) is 0 Å². The number of hydrogen-bond donors (Lipinski definition) is 2. The number of nitrogen functional groups attached to an aromatic ring is 1. The van der Waals surface area contributed by atoms with Crippen LogP contribution >= 0.6 is 11.3 Å². The Labute approximate surface area is 280 Å². The van der Waals surface area contributed by atoms with Crippen LogP contribution in [0.5, 0.6) is 6.01 Å². The first kappa shape index (κ1) is 30.3. The van der Waals surface area contributed by atoms with Crippen molar-refractivity contribution in [3.63, 3.8) is 0 Å². The summed E-state index contributed by atoms with van der Waals surface area (Å²) in [6.07, 6.45) is 6.45. The highest BCUT2D eigenvalue weighted by Gasteiger charge is 2.46. The number of pyridine rings is 1. The number of anilines is 2. The summed E-state index contributed by atoms with van der Waals surface area (Å²) >= 11 is 0.958. The molecule has 5 aliphatic rings. The van der Waals surface area contributed by atoms with Gasteiger partial charge in [-0.25, -0.2) is 8.78 Å². The van der Waals surface area contributed by atoms with Crippen molar-refractivity contribution in [1.29, 1.82) is 5.26 Å². The number of fused-ring (bicyclic) bond motifs is 6. The molecule has 48 heavy (non-hydrogen) atoms. The Morgan fingerprint density at radius 3 is 2.67 bits per heavy atom. The second-order valence-electron chi connectivity index (χ2n) is 13.9. The molecule has 0 amide bonds. The maximum atomic E-state index is 17.4. The zero-order valence-corrected chi connectivity index (χ0v) is 27.5. The van der Waals surface area contributed by atoms with Crippen LogP contribution in [0.25, 0.3) is 32.2 Å². The lowest BCUT2D eigenvalue weighted by atomic mass is 9.93. The molecule has 11 nitrogen and oxygen atoms in total. The van der Waals surface area contributed by atoms with E-state index in [1.54, 1.807) is 7.11 Å². The molecule has 250 valence electrons. The normalized spacial score (nSPS) is 24.5. The molecule has 3 atom stereocenters. The zero-order chi connectivity index (χ0) is 32.7. The lowest BCUT2D eigenvalue weighted by molar-refractivity contribution is 0.100. The Balaban J connectivity index is 1.19. The number of piperazine rings is 1. The van der Waals surface area contributed by atoms with Crippen molar-refractivity contribution in [3.05, 3.63) is 34.5 Å². The third-order valence-corrected chi connectivity index (χ3v) is 12.0. The van der Waals surface area contributed by atoms with E-state index >= 15 is 4.39 Å². The van der Waals surface area contributed by atoms with Crippen molar-refractivity contribution < 1.29 is 23.0 Å². The van der Waals surface area contributed by atoms with E-state index in [2.05, 4.69) is 26.2 Å². The summed E-state index contributed by atoms with van der Waals surface area (Å²) in [5.74, 6) is -0.572. The van der Waals surface area contributed by atoms with Crippen LogP contribution in [-0.2, 0) is 22.7 Å². The van der Waals surface area contributed by atoms with Crippen LogP contribution in [0.3, 0.4) is 0 Å². The third-order valence-electron chi connectivity index (χ3n) is 11.0. The van der Waals surface area contributed by atoms with Gasteiger partial charge in [0.25, 0.3) is 0 Å². The maximum Gasteiger partial charge on any atom is 0.319 e. The Morgan fingerprint density at radius 2 is 1.94 bits per heavy atom. The zero-order valence-electron chi connectivity index (χ0n) is 26.7. The summed E-state index contributed by atoms with van der Waals surface area (Å²) in [6, 6.07) is 2.63. The number of hydrogen-bond acceptors (Lipinski definition) is 12. The predicted octanol–water partition coefficient (Wildman–Crippen LogP) is 4.49. The fourth-order valence-electron chi connectivity index (χ4n) is 8.35. The number of nitrogens with two attached hydrogens (primary N) is 1. The number of methoxy groups -OCH3 is 1. The molecule has 3 N–H and O–H groups in total. The molecule has 9 rings (SSSR count). The van der Waals surface area contributed by atoms with Gasteiger partial charge in [0.1, 0.15) is 22.4 Å². The van der Waals surface area contributed by atoms with Gasteiger partial charge in [0.05, 0.1) is 53.5 Å². The minimum atomic E-state index is -0.622. The molecule has 4 aromatic rings. The van der Waals surface area contributed by atoms with Crippen LogP contribution in [-0.4, -0.2) is 84.5 Å². The van der Waals surface area contributed by atoms with Gasteiger partial charge in [-0.15, -0.1) is 11.3 Å². The molecule has 4 fully saturated rings. The van der Waals surface area contributed by atoms with Crippen molar-refractivity contribution in [2.24, 2.45) is 5.41 Å². The number of halogens is 2. The van der Waals surface area contributed by atoms with Crippen molar-refractivity contribution in [3.8, 4) is 23.3 Å². The van der Waals surface area contributed by atoms with E-state index in [4.69, 9.17) is 29.9 Å².